The minimum Gasteiger partial charge on any atom is -0.491 e. The van der Waals surface area contributed by atoms with Gasteiger partial charge in [-0.15, -0.1) is 0 Å². The molecule has 0 heterocycles. The topological polar surface area (TPSA) is 30.5 Å². The van der Waals surface area contributed by atoms with E-state index in [-0.39, 0.29) is 0 Å². The number of benzene rings is 1. The highest BCUT2D eigenvalue weighted by atomic mass is 16.5. The van der Waals surface area contributed by atoms with Crippen molar-refractivity contribution in [3.05, 3.63) is 24.3 Å². The molecule has 0 bridgehead atoms. The number of hydrogen-bond donors (Lipinski definition) is 1. The van der Waals surface area contributed by atoms with Gasteiger partial charge in [0.25, 0.3) is 0 Å². The van der Waals surface area contributed by atoms with Crippen molar-refractivity contribution in [2.75, 3.05) is 25.6 Å². The van der Waals surface area contributed by atoms with Crippen LogP contribution < -0.4 is 10.1 Å². The van der Waals surface area contributed by atoms with E-state index in [1.807, 2.05) is 12.1 Å². The zero-order valence-corrected chi connectivity index (χ0v) is 11.3. The summed E-state index contributed by atoms with van der Waals surface area (Å²) in [6.07, 6.45) is 3.97. The minimum absolute atomic E-state index is 0.600. The third-order valence-electron chi connectivity index (χ3n) is 3.62. The zero-order valence-electron chi connectivity index (χ0n) is 11.3. The van der Waals surface area contributed by atoms with Crippen molar-refractivity contribution in [3.63, 3.8) is 0 Å². The van der Waals surface area contributed by atoms with Gasteiger partial charge in [0, 0.05) is 18.8 Å². The van der Waals surface area contributed by atoms with Crippen molar-refractivity contribution in [1.82, 2.24) is 0 Å². The Balaban J connectivity index is 1.83. The van der Waals surface area contributed by atoms with Gasteiger partial charge in [-0.2, -0.15) is 0 Å². The summed E-state index contributed by atoms with van der Waals surface area (Å²) < 4.78 is 10.5. The molecule has 2 rings (SSSR count). The maximum Gasteiger partial charge on any atom is 0.119 e. The zero-order chi connectivity index (χ0) is 12.8. The maximum atomic E-state index is 5.54. The fourth-order valence-electron chi connectivity index (χ4n) is 2.46. The van der Waals surface area contributed by atoms with Crippen LogP contribution in [0.15, 0.2) is 24.3 Å². The first-order chi connectivity index (χ1) is 8.79. The molecular weight excluding hydrogens is 226 g/mol. The predicted molar refractivity (Wildman–Crippen MR) is 74.2 cm³/mol. The summed E-state index contributed by atoms with van der Waals surface area (Å²) in [7, 11) is 1.68. The lowest BCUT2D eigenvalue weighted by molar-refractivity contribution is 0.146. The van der Waals surface area contributed by atoms with Crippen molar-refractivity contribution in [1.29, 1.82) is 0 Å². The van der Waals surface area contributed by atoms with Gasteiger partial charge < -0.3 is 14.8 Å². The van der Waals surface area contributed by atoms with Gasteiger partial charge in [0.05, 0.1) is 6.61 Å². The molecule has 3 heteroatoms. The molecule has 0 amide bonds. The van der Waals surface area contributed by atoms with Crippen LogP contribution in [-0.2, 0) is 4.74 Å². The Morgan fingerprint density at radius 3 is 2.56 bits per heavy atom. The highest BCUT2D eigenvalue weighted by Gasteiger charge is 2.22. The van der Waals surface area contributed by atoms with E-state index in [1.165, 1.54) is 24.9 Å². The number of ether oxygens (including phenoxy) is 2. The summed E-state index contributed by atoms with van der Waals surface area (Å²) in [6.45, 7) is 3.55. The lowest BCUT2D eigenvalue weighted by Gasteiger charge is -2.18. The molecule has 2 unspecified atom stereocenters. The molecule has 0 aliphatic heterocycles. The van der Waals surface area contributed by atoms with Crippen molar-refractivity contribution in [3.8, 4) is 5.75 Å². The van der Waals surface area contributed by atoms with Gasteiger partial charge in [-0.1, -0.05) is 13.3 Å². The van der Waals surface area contributed by atoms with Crippen LogP contribution >= 0.6 is 0 Å². The number of hydrogen-bond acceptors (Lipinski definition) is 3. The van der Waals surface area contributed by atoms with Gasteiger partial charge >= 0.3 is 0 Å². The molecule has 100 valence electrons. The molecule has 0 spiro atoms. The Morgan fingerprint density at radius 1 is 1.17 bits per heavy atom. The van der Waals surface area contributed by atoms with Crippen LogP contribution in [0.3, 0.4) is 0 Å². The van der Waals surface area contributed by atoms with Crippen LogP contribution in [0, 0.1) is 5.92 Å². The van der Waals surface area contributed by atoms with E-state index >= 15 is 0 Å². The Hall–Kier alpha value is -1.22. The van der Waals surface area contributed by atoms with E-state index in [1.54, 1.807) is 7.11 Å². The van der Waals surface area contributed by atoms with E-state index in [2.05, 4.69) is 24.4 Å². The second-order valence-electron chi connectivity index (χ2n) is 5.02. The average Bonchev–Trinajstić information content (AvgIpc) is 2.78. The molecule has 1 fully saturated rings. The molecule has 1 N–H and O–H groups in total. The molecule has 0 saturated heterocycles. The molecule has 1 aliphatic rings. The number of rotatable bonds is 6. The molecule has 1 aromatic carbocycles. The predicted octanol–water partition coefficient (Wildman–Crippen LogP) is 3.31. The Kier molecular flexibility index (Phi) is 4.88. The second kappa shape index (κ2) is 6.64. The SMILES string of the molecule is COCCOc1ccc(NC2CCCC2C)cc1. The summed E-state index contributed by atoms with van der Waals surface area (Å²) in [5, 5.41) is 3.60. The third kappa shape index (κ3) is 3.64. The van der Waals surface area contributed by atoms with Crippen molar-refractivity contribution in [2.45, 2.75) is 32.2 Å². The normalized spacial score (nSPS) is 23.0. The molecule has 1 aromatic rings. The van der Waals surface area contributed by atoms with Crippen molar-refractivity contribution in [2.24, 2.45) is 5.92 Å². The van der Waals surface area contributed by atoms with E-state index in [4.69, 9.17) is 9.47 Å². The first-order valence-electron chi connectivity index (χ1n) is 6.78. The number of nitrogens with one attached hydrogen (secondary N) is 1. The molecule has 0 aromatic heterocycles. The fourth-order valence-corrected chi connectivity index (χ4v) is 2.46. The highest BCUT2D eigenvalue weighted by Crippen LogP contribution is 2.28. The molecule has 1 aliphatic carbocycles. The van der Waals surface area contributed by atoms with Crippen LogP contribution in [-0.4, -0.2) is 26.4 Å². The van der Waals surface area contributed by atoms with E-state index in [9.17, 15) is 0 Å². The molecule has 18 heavy (non-hydrogen) atoms. The minimum atomic E-state index is 0.600. The summed E-state index contributed by atoms with van der Waals surface area (Å²) in [5.41, 5.74) is 1.19. The van der Waals surface area contributed by atoms with Crippen molar-refractivity contribution >= 4 is 5.69 Å². The van der Waals surface area contributed by atoms with Crippen LogP contribution in [0.1, 0.15) is 26.2 Å². The quantitative estimate of drug-likeness (QED) is 0.785. The monoisotopic (exact) mass is 249 g/mol. The number of anilines is 1. The van der Waals surface area contributed by atoms with E-state index in [0.717, 1.165) is 11.7 Å². The van der Waals surface area contributed by atoms with Crippen LogP contribution in [0.2, 0.25) is 0 Å². The molecule has 1 saturated carbocycles. The Morgan fingerprint density at radius 2 is 1.94 bits per heavy atom. The third-order valence-corrected chi connectivity index (χ3v) is 3.62. The van der Waals surface area contributed by atoms with Gasteiger partial charge in [-0.25, -0.2) is 0 Å². The average molecular weight is 249 g/mol. The maximum absolute atomic E-state index is 5.54. The van der Waals surface area contributed by atoms with Gasteiger partial charge in [-0.05, 0) is 43.0 Å². The summed E-state index contributed by atoms with van der Waals surface area (Å²) in [5.74, 6) is 1.68. The van der Waals surface area contributed by atoms with E-state index in [0.29, 0.717) is 19.3 Å². The lowest BCUT2D eigenvalue weighted by Crippen LogP contribution is -2.21. The Labute approximate surface area is 109 Å². The van der Waals surface area contributed by atoms with Crippen molar-refractivity contribution < 1.29 is 9.47 Å². The standard InChI is InChI=1S/C15H23NO2/c1-12-4-3-5-15(12)16-13-6-8-14(9-7-13)18-11-10-17-2/h6-9,12,15-16H,3-5,10-11H2,1-2H3. The first-order valence-corrected chi connectivity index (χ1v) is 6.78. The lowest BCUT2D eigenvalue weighted by atomic mass is 10.1. The molecular formula is C15H23NO2. The summed E-state index contributed by atoms with van der Waals surface area (Å²) in [6, 6.07) is 8.83. The van der Waals surface area contributed by atoms with Gasteiger partial charge in [0.1, 0.15) is 12.4 Å². The second-order valence-corrected chi connectivity index (χ2v) is 5.02. The molecule has 3 nitrogen and oxygen atoms in total. The highest BCUT2D eigenvalue weighted by molar-refractivity contribution is 5.47. The molecule has 0 radical (unpaired) electrons. The summed E-state index contributed by atoms with van der Waals surface area (Å²) in [4.78, 5) is 0. The fraction of sp³-hybridized carbons (Fsp3) is 0.600. The molecule has 2 atom stereocenters. The Bertz CT molecular complexity index is 350. The number of methoxy groups -OCH3 is 1. The van der Waals surface area contributed by atoms with Crippen LogP contribution in [0.4, 0.5) is 5.69 Å². The van der Waals surface area contributed by atoms with Gasteiger partial charge in [0.15, 0.2) is 0 Å². The van der Waals surface area contributed by atoms with Gasteiger partial charge in [-0.3, -0.25) is 0 Å². The van der Waals surface area contributed by atoms with E-state index < -0.39 is 0 Å². The van der Waals surface area contributed by atoms with Crippen LogP contribution in [0.5, 0.6) is 5.75 Å². The summed E-state index contributed by atoms with van der Waals surface area (Å²) >= 11 is 0. The largest absolute Gasteiger partial charge is 0.491 e. The van der Waals surface area contributed by atoms with Gasteiger partial charge in [0.2, 0.25) is 0 Å². The smallest absolute Gasteiger partial charge is 0.119 e. The first kappa shape index (κ1) is 13.2. The van der Waals surface area contributed by atoms with Crippen LogP contribution in [0.25, 0.3) is 0 Å².